The lowest BCUT2D eigenvalue weighted by Gasteiger charge is -2.30. The summed E-state index contributed by atoms with van der Waals surface area (Å²) >= 11 is 0. The minimum absolute atomic E-state index is 0.0732. The van der Waals surface area contributed by atoms with Crippen LogP contribution in [0.25, 0.3) is 0 Å². The summed E-state index contributed by atoms with van der Waals surface area (Å²) in [5, 5.41) is 3.00. The second-order valence-electron chi connectivity index (χ2n) is 6.13. The number of nitrogens with two attached hydrogens (primary N) is 1. The molecule has 2 saturated carbocycles. The van der Waals surface area contributed by atoms with Gasteiger partial charge in [0.15, 0.2) is 0 Å². The highest BCUT2D eigenvalue weighted by Crippen LogP contribution is 2.39. The Bertz CT molecular complexity index is 338. The van der Waals surface area contributed by atoms with Gasteiger partial charge in [-0.15, -0.1) is 0 Å². The summed E-state index contributed by atoms with van der Waals surface area (Å²) in [5.74, 6) is -1.23. The molecule has 0 spiro atoms. The van der Waals surface area contributed by atoms with Gasteiger partial charge in [-0.1, -0.05) is 6.42 Å². The highest BCUT2D eigenvalue weighted by Gasteiger charge is 2.42. The van der Waals surface area contributed by atoms with E-state index in [2.05, 4.69) is 5.32 Å². The molecular formula is C14H23F3N2O. The quantitative estimate of drug-likeness (QED) is 0.840. The van der Waals surface area contributed by atoms with E-state index in [9.17, 15) is 18.0 Å². The third-order valence-corrected chi connectivity index (χ3v) is 4.85. The number of nitrogens with one attached hydrogen (secondary N) is 1. The molecule has 0 saturated heterocycles. The smallest absolute Gasteiger partial charge is 0.353 e. The van der Waals surface area contributed by atoms with E-state index in [1.54, 1.807) is 0 Å². The summed E-state index contributed by atoms with van der Waals surface area (Å²) in [6.45, 7) is 0.561. The maximum Gasteiger partial charge on any atom is 0.391 e. The Balaban J connectivity index is 1.80. The Hall–Kier alpha value is -0.780. The summed E-state index contributed by atoms with van der Waals surface area (Å²) < 4.78 is 37.7. The first kappa shape index (κ1) is 15.6. The van der Waals surface area contributed by atoms with Crippen molar-refractivity contribution in [2.75, 3.05) is 6.54 Å². The Kier molecular flexibility index (Phi) is 4.94. The van der Waals surface area contributed by atoms with Crippen molar-refractivity contribution in [3.05, 3.63) is 0 Å². The molecule has 2 fully saturated rings. The molecule has 2 aliphatic carbocycles. The highest BCUT2D eigenvalue weighted by atomic mass is 19.4. The summed E-state index contributed by atoms with van der Waals surface area (Å²) in [5.41, 5.74) is 5.67. The second-order valence-corrected chi connectivity index (χ2v) is 6.13. The van der Waals surface area contributed by atoms with Gasteiger partial charge in [-0.2, -0.15) is 13.2 Å². The van der Waals surface area contributed by atoms with Crippen LogP contribution in [0.4, 0.5) is 13.2 Å². The molecule has 116 valence electrons. The number of hydrogen-bond donors (Lipinski definition) is 2. The van der Waals surface area contributed by atoms with Crippen LogP contribution in [0.5, 0.6) is 0 Å². The summed E-state index contributed by atoms with van der Waals surface area (Å²) in [6.07, 6.45) is -0.246. The third-order valence-electron chi connectivity index (χ3n) is 4.85. The predicted molar refractivity (Wildman–Crippen MR) is 69.8 cm³/mol. The molecule has 0 aromatic rings. The van der Waals surface area contributed by atoms with Crippen LogP contribution in [0, 0.1) is 17.8 Å². The van der Waals surface area contributed by atoms with Crippen molar-refractivity contribution >= 4 is 5.91 Å². The van der Waals surface area contributed by atoms with Crippen LogP contribution in [0.15, 0.2) is 0 Å². The van der Waals surface area contributed by atoms with E-state index in [0.717, 1.165) is 19.3 Å². The van der Waals surface area contributed by atoms with E-state index in [0.29, 0.717) is 25.3 Å². The Labute approximate surface area is 117 Å². The lowest BCUT2D eigenvalue weighted by molar-refractivity contribution is -0.184. The first-order chi connectivity index (χ1) is 9.41. The second kappa shape index (κ2) is 6.33. The zero-order valence-corrected chi connectivity index (χ0v) is 11.6. The predicted octanol–water partition coefficient (Wildman–Crippen LogP) is 2.60. The van der Waals surface area contributed by atoms with E-state index in [4.69, 9.17) is 5.73 Å². The van der Waals surface area contributed by atoms with Crippen molar-refractivity contribution in [2.45, 2.75) is 57.2 Å². The molecule has 3 N–H and O–H groups in total. The van der Waals surface area contributed by atoms with Gasteiger partial charge >= 0.3 is 6.18 Å². The van der Waals surface area contributed by atoms with Gasteiger partial charge in [0.05, 0.1) is 5.92 Å². The number of amides is 1. The molecule has 0 aromatic heterocycles. The number of hydrogen-bond acceptors (Lipinski definition) is 2. The molecule has 0 radical (unpaired) electrons. The number of carbonyl (C=O) groups is 1. The van der Waals surface area contributed by atoms with Crippen molar-refractivity contribution < 1.29 is 18.0 Å². The third kappa shape index (κ3) is 3.65. The summed E-state index contributed by atoms with van der Waals surface area (Å²) in [6, 6.07) is 0.118. The normalized spacial score (nSPS) is 35.0. The standard InChI is InChI=1S/C14H23F3N2O/c15-14(16,17)11-6-4-9(5-7-11)13(20)19-12-3-1-2-10(12)8-18/h9-12H,1-8,18H2,(H,19,20). The first-order valence-electron chi connectivity index (χ1n) is 7.49. The molecule has 6 heteroatoms. The van der Waals surface area contributed by atoms with E-state index in [-0.39, 0.29) is 30.7 Å². The number of rotatable bonds is 3. The van der Waals surface area contributed by atoms with Crippen LogP contribution in [-0.4, -0.2) is 24.7 Å². The average Bonchev–Trinajstić information content (AvgIpc) is 2.85. The maximum atomic E-state index is 12.6. The van der Waals surface area contributed by atoms with E-state index < -0.39 is 12.1 Å². The molecule has 2 rings (SSSR count). The van der Waals surface area contributed by atoms with Crippen molar-refractivity contribution in [1.82, 2.24) is 5.32 Å². The number of halogens is 3. The van der Waals surface area contributed by atoms with Gasteiger partial charge in [0, 0.05) is 12.0 Å². The van der Waals surface area contributed by atoms with E-state index in [1.807, 2.05) is 0 Å². The van der Waals surface area contributed by atoms with Gasteiger partial charge in [0.25, 0.3) is 0 Å². The fourth-order valence-electron chi connectivity index (χ4n) is 3.49. The molecule has 3 nitrogen and oxygen atoms in total. The van der Waals surface area contributed by atoms with Gasteiger partial charge in [-0.05, 0) is 51.0 Å². The average molecular weight is 292 g/mol. The highest BCUT2D eigenvalue weighted by molar-refractivity contribution is 5.79. The number of alkyl halides is 3. The van der Waals surface area contributed by atoms with Crippen LogP contribution in [0.3, 0.4) is 0 Å². The Morgan fingerprint density at radius 1 is 1.10 bits per heavy atom. The molecule has 0 heterocycles. The summed E-state index contributed by atoms with van der Waals surface area (Å²) in [7, 11) is 0. The van der Waals surface area contributed by atoms with Gasteiger partial charge in [-0.3, -0.25) is 4.79 Å². The SMILES string of the molecule is NCC1CCCC1NC(=O)C1CCC(C(F)(F)F)CC1. The topological polar surface area (TPSA) is 55.1 Å². The molecule has 1 amide bonds. The first-order valence-corrected chi connectivity index (χ1v) is 7.49. The molecule has 2 aliphatic rings. The van der Waals surface area contributed by atoms with Gasteiger partial charge in [0.2, 0.25) is 5.91 Å². The van der Waals surface area contributed by atoms with Crippen molar-refractivity contribution in [3.8, 4) is 0 Å². The van der Waals surface area contributed by atoms with Crippen LogP contribution in [0.2, 0.25) is 0 Å². The molecule has 2 unspecified atom stereocenters. The summed E-state index contributed by atoms with van der Waals surface area (Å²) in [4.78, 5) is 12.1. The van der Waals surface area contributed by atoms with Crippen LogP contribution >= 0.6 is 0 Å². The van der Waals surface area contributed by atoms with Gasteiger partial charge in [0.1, 0.15) is 0 Å². The molecule has 2 atom stereocenters. The monoisotopic (exact) mass is 292 g/mol. The fraction of sp³-hybridized carbons (Fsp3) is 0.929. The van der Waals surface area contributed by atoms with Crippen LogP contribution in [-0.2, 0) is 4.79 Å². The van der Waals surface area contributed by atoms with Crippen molar-refractivity contribution in [3.63, 3.8) is 0 Å². The van der Waals surface area contributed by atoms with Crippen LogP contribution in [0.1, 0.15) is 44.9 Å². The molecule has 0 aromatic carbocycles. The van der Waals surface area contributed by atoms with Gasteiger partial charge in [-0.25, -0.2) is 0 Å². The molecule has 20 heavy (non-hydrogen) atoms. The Morgan fingerprint density at radius 2 is 1.75 bits per heavy atom. The largest absolute Gasteiger partial charge is 0.391 e. The maximum absolute atomic E-state index is 12.6. The van der Waals surface area contributed by atoms with E-state index in [1.165, 1.54) is 0 Å². The minimum Gasteiger partial charge on any atom is -0.353 e. The zero-order chi connectivity index (χ0) is 14.8. The number of carbonyl (C=O) groups excluding carboxylic acids is 1. The van der Waals surface area contributed by atoms with Crippen molar-refractivity contribution in [2.24, 2.45) is 23.5 Å². The van der Waals surface area contributed by atoms with E-state index >= 15 is 0 Å². The van der Waals surface area contributed by atoms with Crippen molar-refractivity contribution in [1.29, 1.82) is 0 Å². The van der Waals surface area contributed by atoms with Crippen LogP contribution < -0.4 is 11.1 Å². The molecule has 0 bridgehead atoms. The van der Waals surface area contributed by atoms with Gasteiger partial charge < -0.3 is 11.1 Å². The fourth-order valence-corrected chi connectivity index (χ4v) is 3.49. The molecule has 0 aliphatic heterocycles. The zero-order valence-electron chi connectivity index (χ0n) is 11.6. The lowest BCUT2D eigenvalue weighted by atomic mass is 9.81. The molecular weight excluding hydrogens is 269 g/mol. The lowest BCUT2D eigenvalue weighted by Crippen LogP contribution is -2.44. The minimum atomic E-state index is -4.11. The Morgan fingerprint density at radius 3 is 2.30 bits per heavy atom.